The van der Waals surface area contributed by atoms with E-state index in [1.165, 1.54) is 5.56 Å². The van der Waals surface area contributed by atoms with Crippen molar-refractivity contribution < 1.29 is 13.2 Å². The molecule has 1 heterocycles. The monoisotopic (exact) mass is 335 g/mol. The molecule has 0 N–H and O–H groups in total. The van der Waals surface area contributed by atoms with Gasteiger partial charge in [0.15, 0.2) is 0 Å². The van der Waals surface area contributed by atoms with Crippen LogP contribution >= 0.6 is 15.9 Å². The van der Waals surface area contributed by atoms with Crippen LogP contribution in [0.25, 0.3) is 0 Å². The van der Waals surface area contributed by atoms with Gasteiger partial charge < -0.3 is 4.90 Å². The maximum atomic E-state index is 12.6. The number of nitrogens with zero attached hydrogens (tertiary/aromatic N) is 1. The second-order valence-electron chi connectivity index (χ2n) is 5.05. The van der Waals surface area contributed by atoms with Crippen molar-refractivity contribution in [2.45, 2.75) is 18.5 Å². The highest BCUT2D eigenvalue weighted by molar-refractivity contribution is 9.09. The minimum atomic E-state index is -4.05. The van der Waals surface area contributed by atoms with Gasteiger partial charge in [-0.15, -0.1) is 0 Å². The largest absolute Gasteiger partial charge is 0.393 e. The van der Waals surface area contributed by atoms with Crippen LogP contribution < -0.4 is 0 Å². The summed E-state index contributed by atoms with van der Waals surface area (Å²) >= 11 is 3.47. The standard InChI is InChI=1S/C14H17BrF3N/c15-8-12(11-4-2-1-3-5-11)9-19-7-6-13(10-19)14(16,17)18/h1-5,12-13H,6-10H2. The van der Waals surface area contributed by atoms with Gasteiger partial charge in [0.05, 0.1) is 5.92 Å². The number of alkyl halides is 4. The molecular formula is C14H17BrF3N. The highest BCUT2D eigenvalue weighted by Crippen LogP contribution is 2.34. The Bertz CT molecular complexity index is 393. The summed E-state index contributed by atoms with van der Waals surface area (Å²) in [6, 6.07) is 9.94. The van der Waals surface area contributed by atoms with E-state index in [-0.39, 0.29) is 18.9 Å². The molecule has 1 nitrogen and oxygen atoms in total. The molecule has 106 valence electrons. The lowest BCUT2D eigenvalue weighted by atomic mass is 10.0. The number of halogens is 4. The molecule has 19 heavy (non-hydrogen) atoms. The fourth-order valence-electron chi connectivity index (χ4n) is 2.55. The number of hydrogen-bond acceptors (Lipinski definition) is 1. The second-order valence-corrected chi connectivity index (χ2v) is 5.70. The van der Waals surface area contributed by atoms with E-state index in [1.54, 1.807) is 0 Å². The molecular weight excluding hydrogens is 319 g/mol. The first-order chi connectivity index (χ1) is 9.00. The Morgan fingerprint density at radius 3 is 2.47 bits per heavy atom. The highest BCUT2D eigenvalue weighted by atomic mass is 79.9. The Balaban J connectivity index is 1.94. The molecule has 0 aromatic heterocycles. The third kappa shape index (κ3) is 3.96. The number of rotatable bonds is 4. The van der Waals surface area contributed by atoms with Gasteiger partial charge in [0, 0.05) is 24.3 Å². The van der Waals surface area contributed by atoms with Crippen LogP contribution in [0.2, 0.25) is 0 Å². The topological polar surface area (TPSA) is 3.24 Å². The van der Waals surface area contributed by atoms with Crippen LogP contribution in [0.3, 0.4) is 0 Å². The van der Waals surface area contributed by atoms with Gasteiger partial charge in [0.25, 0.3) is 0 Å². The molecule has 0 radical (unpaired) electrons. The number of hydrogen-bond donors (Lipinski definition) is 0. The van der Waals surface area contributed by atoms with E-state index in [0.29, 0.717) is 13.1 Å². The molecule has 0 amide bonds. The zero-order valence-corrected chi connectivity index (χ0v) is 12.1. The third-order valence-electron chi connectivity index (χ3n) is 3.67. The maximum Gasteiger partial charge on any atom is 0.393 e. The first-order valence-electron chi connectivity index (χ1n) is 6.40. The summed E-state index contributed by atoms with van der Waals surface area (Å²) in [6.07, 6.45) is -3.82. The van der Waals surface area contributed by atoms with E-state index in [2.05, 4.69) is 15.9 Å². The molecule has 1 aromatic carbocycles. The van der Waals surface area contributed by atoms with Crippen LogP contribution in [0, 0.1) is 5.92 Å². The predicted octanol–water partition coefficient (Wildman–Crippen LogP) is 4.05. The molecule has 2 atom stereocenters. The van der Waals surface area contributed by atoms with Crippen molar-refractivity contribution in [2.75, 3.05) is 25.0 Å². The summed E-state index contributed by atoms with van der Waals surface area (Å²) in [4.78, 5) is 1.93. The minimum absolute atomic E-state index is 0.139. The lowest BCUT2D eigenvalue weighted by Crippen LogP contribution is -2.30. The van der Waals surface area contributed by atoms with Gasteiger partial charge >= 0.3 is 6.18 Å². The average Bonchev–Trinajstić information content (AvgIpc) is 2.85. The molecule has 1 fully saturated rings. The van der Waals surface area contributed by atoms with Crippen LogP contribution in [0.4, 0.5) is 13.2 Å². The zero-order valence-electron chi connectivity index (χ0n) is 10.5. The molecule has 1 aromatic rings. The molecule has 0 aliphatic carbocycles. The molecule has 1 aliphatic rings. The van der Waals surface area contributed by atoms with E-state index in [9.17, 15) is 13.2 Å². The lowest BCUT2D eigenvalue weighted by molar-refractivity contribution is -0.170. The van der Waals surface area contributed by atoms with Gasteiger partial charge in [-0.25, -0.2) is 0 Å². The first-order valence-corrected chi connectivity index (χ1v) is 7.53. The lowest BCUT2D eigenvalue weighted by Gasteiger charge is -2.23. The second kappa shape index (κ2) is 6.27. The van der Waals surface area contributed by atoms with Gasteiger partial charge in [0.2, 0.25) is 0 Å². The van der Waals surface area contributed by atoms with Gasteiger partial charge in [-0.1, -0.05) is 46.3 Å². The Hall–Kier alpha value is -0.550. The summed E-state index contributed by atoms with van der Waals surface area (Å²) in [5.74, 6) is -0.910. The third-order valence-corrected chi connectivity index (χ3v) is 4.45. The summed E-state index contributed by atoms with van der Waals surface area (Å²) in [5, 5.41) is 0.768. The van der Waals surface area contributed by atoms with Gasteiger partial charge in [-0.3, -0.25) is 0 Å². The van der Waals surface area contributed by atoms with Crippen LogP contribution in [-0.4, -0.2) is 36.0 Å². The van der Waals surface area contributed by atoms with E-state index in [1.807, 2.05) is 35.2 Å². The fraction of sp³-hybridized carbons (Fsp3) is 0.571. The highest BCUT2D eigenvalue weighted by Gasteiger charge is 2.43. The van der Waals surface area contributed by atoms with Crippen LogP contribution in [0.1, 0.15) is 17.9 Å². The normalized spacial score (nSPS) is 22.6. The van der Waals surface area contributed by atoms with Crippen molar-refractivity contribution in [1.29, 1.82) is 0 Å². The average molecular weight is 336 g/mol. The zero-order chi connectivity index (χ0) is 13.9. The van der Waals surface area contributed by atoms with Crippen molar-refractivity contribution in [1.82, 2.24) is 4.90 Å². The molecule has 1 aliphatic heterocycles. The Kier molecular flexibility index (Phi) is 4.90. The summed E-state index contributed by atoms with van der Waals surface area (Å²) in [6.45, 7) is 1.36. The minimum Gasteiger partial charge on any atom is -0.302 e. The molecule has 2 unspecified atom stereocenters. The van der Waals surface area contributed by atoms with Crippen molar-refractivity contribution in [3.05, 3.63) is 35.9 Å². The van der Waals surface area contributed by atoms with Crippen molar-refractivity contribution in [3.63, 3.8) is 0 Å². The number of likely N-dealkylation sites (tertiary alicyclic amines) is 1. The van der Waals surface area contributed by atoms with Crippen molar-refractivity contribution in [3.8, 4) is 0 Å². The van der Waals surface area contributed by atoms with E-state index in [4.69, 9.17) is 0 Å². The summed E-state index contributed by atoms with van der Waals surface area (Å²) in [5.41, 5.74) is 1.18. The molecule has 0 saturated carbocycles. The molecule has 0 spiro atoms. The summed E-state index contributed by atoms with van der Waals surface area (Å²) in [7, 11) is 0. The SMILES string of the molecule is FC(F)(F)C1CCN(CC(CBr)c2ccccc2)C1. The van der Waals surface area contributed by atoms with Crippen molar-refractivity contribution in [2.24, 2.45) is 5.92 Å². The Labute approximate surface area is 119 Å². The van der Waals surface area contributed by atoms with Crippen LogP contribution in [0.5, 0.6) is 0 Å². The van der Waals surface area contributed by atoms with Gasteiger partial charge in [0.1, 0.15) is 0 Å². The van der Waals surface area contributed by atoms with Crippen molar-refractivity contribution >= 4 is 15.9 Å². The van der Waals surface area contributed by atoms with Gasteiger partial charge in [-0.05, 0) is 18.5 Å². The molecule has 0 bridgehead atoms. The van der Waals surface area contributed by atoms with E-state index < -0.39 is 12.1 Å². The molecule has 2 rings (SSSR count). The Morgan fingerprint density at radius 1 is 1.26 bits per heavy atom. The van der Waals surface area contributed by atoms with Crippen LogP contribution in [0.15, 0.2) is 30.3 Å². The smallest absolute Gasteiger partial charge is 0.302 e. The number of benzene rings is 1. The predicted molar refractivity (Wildman–Crippen MR) is 73.6 cm³/mol. The summed E-state index contributed by atoms with van der Waals surface area (Å²) < 4.78 is 37.9. The maximum absolute atomic E-state index is 12.6. The quantitative estimate of drug-likeness (QED) is 0.750. The van der Waals surface area contributed by atoms with E-state index >= 15 is 0 Å². The van der Waals surface area contributed by atoms with E-state index in [0.717, 1.165) is 5.33 Å². The van der Waals surface area contributed by atoms with Crippen LogP contribution in [-0.2, 0) is 0 Å². The Morgan fingerprint density at radius 2 is 1.95 bits per heavy atom. The fourth-order valence-corrected chi connectivity index (χ4v) is 3.12. The molecule has 5 heteroatoms. The first kappa shape index (κ1) is 14.9. The van der Waals surface area contributed by atoms with Gasteiger partial charge in [-0.2, -0.15) is 13.2 Å². The molecule has 1 saturated heterocycles.